The number of aromatic nitrogens is 1. The Bertz CT molecular complexity index is 1030. The number of hydrogen-bond acceptors (Lipinski definition) is 5. The van der Waals surface area contributed by atoms with Crippen molar-refractivity contribution in [1.82, 2.24) is 10.3 Å². The van der Waals surface area contributed by atoms with Gasteiger partial charge in [0, 0.05) is 24.9 Å². The minimum atomic E-state index is -0.183. The number of amides is 1. The zero-order valence-corrected chi connectivity index (χ0v) is 21.4. The molecule has 1 N–H and O–H groups in total. The van der Waals surface area contributed by atoms with Crippen LogP contribution in [0.1, 0.15) is 77.7 Å². The third-order valence-electron chi connectivity index (χ3n) is 10.1. The average molecular weight is 478 g/mol. The number of carbonyl (C=O) groups is 2. The molecule has 1 aromatic rings. The maximum atomic E-state index is 12.4. The van der Waals surface area contributed by atoms with Crippen LogP contribution in [0.3, 0.4) is 0 Å². The van der Waals surface area contributed by atoms with E-state index in [2.05, 4.69) is 35.4 Å². The van der Waals surface area contributed by atoms with Gasteiger partial charge in [-0.15, -0.1) is 0 Å². The molecular weight excluding hydrogens is 438 g/mol. The van der Waals surface area contributed by atoms with Crippen molar-refractivity contribution in [2.75, 3.05) is 6.61 Å². The Morgan fingerprint density at radius 1 is 1.14 bits per heavy atom. The lowest BCUT2D eigenvalue weighted by Gasteiger charge is -2.58. The van der Waals surface area contributed by atoms with Crippen LogP contribution in [0.15, 0.2) is 41.3 Å². The second-order valence-corrected chi connectivity index (χ2v) is 11.8. The number of pyridine rings is 1. The predicted molar refractivity (Wildman–Crippen MR) is 135 cm³/mol. The number of nitrogens with one attached hydrogen (secondary N) is 1. The standard InChI is InChI=1S/C29H39N3O3/c1-19(33)24-8-9-25-23-7-6-21-15-22(10-12-28(21,2)26(23)11-13-29(24,25)3)32-35-18-27(34)31-17-20-5-4-14-30-16-20/h4-5,14-16,23-26H,6-13,17-18H2,1-3H3,(H,31,34)/b32-22-/t23-,24+,25-,26-,28-,29+/m0/s1. The fraction of sp³-hybridized carbons (Fsp3) is 0.655. The third kappa shape index (κ3) is 4.45. The van der Waals surface area contributed by atoms with Crippen molar-refractivity contribution in [2.45, 2.75) is 78.7 Å². The van der Waals surface area contributed by atoms with Crippen molar-refractivity contribution in [2.24, 2.45) is 39.7 Å². The van der Waals surface area contributed by atoms with Gasteiger partial charge in [0.25, 0.3) is 5.91 Å². The topological polar surface area (TPSA) is 80.6 Å². The number of nitrogens with zero attached hydrogens (tertiary/aromatic N) is 2. The number of fused-ring (bicyclic) bond motifs is 5. The van der Waals surface area contributed by atoms with Crippen LogP contribution in [-0.2, 0) is 21.0 Å². The lowest BCUT2D eigenvalue weighted by molar-refractivity contribution is -0.128. The zero-order chi connectivity index (χ0) is 24.6. The molecule has 4 aliphatic rings. The molecule has 0 spiro atoms. The molecule has 5 rings (SSSR count). The van der Waals surface area contributed by atoms with E-state index < -0.39 is 0 Å². The minimum absolute atomic E-state index is 0.0769. The van der Waals surface area contributed by atoms with Crippen LogP contribution in [0.4, 0.5) is 0 Å². The molecule has 4 aliphatic carbocycles. The van der Waals surface area contributed by atoms with Crippen LogP contribution >= 0.6 is 0 Å². The lowest BCUT2D eigenvalue weighted by atomic mass is 9.46. The molecule has 188 valence electrons. The van der Waals surface area contributed by atoms with Crippen molar-refractivity contribution in [3.63, 3.8) is 0 Å². The van der Waals surface area contributed by atoms with Crippen LogP contribution in [0, 0.1) is 34.5 Å². The van der Waals surface area contributed by atoms with Gasteiger partial charge in [0.15, 0.2) is 6.61 Å². The summed E-state index contributed by atoms with van der Waals surface area (Å²) in [6.45, 7) is 7.05. The SMILES string of the molecule is CC(=O)[C@H]1CC[C@H]2[C@@H]3CCC4=C/C(=N\OCC(=O)NCc5cccnc5)CC[C@]4(C)[C@H]3CC[C@]12C. The summed E-state index contributed by atoms with van der Waals surface area (Å²) in [4.78, 5) is 34.0. The van der Waals surface area contributed by atoms with E-state index in [-0.39, 0.29) is 29.3 Å². The minimum Gasteiger partial charge on any atom is -0.385 e. The van der Waals surface area contributed by atoms with Gasteiger partial charge < -0.3 is 10.2 Å². The van der Waals surface area contributed by atoms with Gasteiger partial charge in [0.05, 0.1) is 5.71 Å². The van der Waals surface area contributed by atoms with Gasteiger partial charge in [0.1, 0.15) is 5.78 Å². The van der Waals surface area contributed by atoms with E-state index in [0.717, 1.165) is 42.9 Å². The van der Waals surface area contributed by atoms with E-state index in [1.807, 2.05) is 19.1 Å². The van der Waals surface area contributed by atoms with Crippen LogP contribution in [-0.4, -0.2) is 29.0 Å². The quantitative estimate of drug-likeness (QED) is 0.568. The smallest absolute Gasteiger partial charge is 0.261 e. The van der Waals surface area contributed by atoms with Crippen molar-refractivity contribution >= 4 is 17.4 Å². The molecule has 0 saturated heterocycles. The molecule has 6 atom stereocenters. The zero-order valence-electron chi connectivity index (χ0n) is 21.4. The average Bonchev–Trinajstić information content (AvgIpc) is 3.21. The number of rotatable bonds is 6. The van der Waals surface area contributed by atoms with Gasteiger partial charge in [-0.3, -0.25) is 14.6 Å². The first kappa shape index (κ1) is 24.2. The molecule has 0 aromatic carbocycles. The van der Waals surface area contributed by atoms with Crippen molar-refractivity contribution in [3.8, 4) is 0 Å². The number of hydrogen-bond donors (Lipinski definition) is 1. The predicted octanol–water partition coefficient (Wildman–Crippen LogP) is 5.24. The molecule has 3 saturated carbocycles. The molecule has 0 radical (unpaired) electrons. The monoisotopic (exact) mass is 477 g/mol. The summed E-state index contributed by atoms with van der Waals surface area (Å²) in [7, 11) is 0. The second kappa shape index (κ2) is 9.51. The first-order valence-corrected chi connectivity index (χ1v) is 13.4. The Kier molecular flexibility index (Phi) is 6.58. The third-order valence-corrected chi connectivity index (χ3v) is 10.1. The van der Waals surface area contributed by atoms with Gasteiger partial charge in [-0.2, -0.15) is 0 Å². The van der Waals surface area contributed by atoms with E-state index in [9.17, 15) is 9.59 Å². The molecule has 1 amide bonds. The Morgan fingerprint density at radius 3 is 2.77 bits per heavy atom. The Labute approximate surface area is 209 Å². The first-order valence-electron chi connectivity index (χ1n) is 13.4. The number of ketones is 1. The Balaban J connectivity index is 1.20. The fourth-order valence-electron chi connectivity index (χ4n) is 8.24. The molecule has 6 heteroatoms. The summed E-state index contributed by atoms with van der Waals surface area (Å²) >= 11 is 0. The molecule has 0 aliphatic heterocycles. The van der Waals surface area contributed by atoms with Gasteiger partial charge in [-0.25, -0.2) is 0 Å². The van der Waals surface area contributed by atoms with E-state index in [1.54, 1.807) is 12.4 Å². The molecule has 0 unspecified atom stereocenters. The lowest BCUT2D eigenvalue weighted by Crippen LogP contribution is -2.51. The van der Waals surface area contributed by atoms with Crippen LogP contribution in [0.5, 0.6) is 0 Å². The van der Waals surface area contributed by atoms with E-state index in [4.69, 9.17) is 4.84 Å². The van der Waals surface area contributed by atoms with Crippen molar-refractivity contribution in [3.05, 3.63) is 41.7 Å². The Hall–Kier alpha value is -2.50. The fourth-order valence-corrected chi connectivity index (χ4v) is 8.24. The van der Waals surface area contributed by atoms with Crippen molar-refractivity contribution in [1.29, 1.82) is 0 Å². The van der Waals surface area contributed by atoms with Crippen LogP contribution in [0.2, 0.25) is 0 Å². The summed E-state index contributed by atoms with van der Waals surface area (Å²) in [6.07, 6.45) is 14.7. The van der Waals surface area contributed by atoms with E-state index in [1.165, 1.54) is 31.3 Å². The highest BCUT2D eigenvalue weighted by atomic mass is 16.6. The molecular formula is C29H39N3O3. The first-order chi connectivity index (χ1) is 16.8. The van der Waals surface area contributed by atoms with Crippen LogP contribution in [0.25, 0.3) is 0 Å². The molecule has 0 bridgehead atoms. The Morgan fingerprint density at radius 2 is 2.00 bits per heavy atom. The molecule has 6 nitrogen and oxygen atoms in total. The summed E-state index contributed by atoms with van der Waals surface area (Å²) in [6, 6.07) is 3.78. The van der Waals surface area contributed by atoms with Gasteiger partial charge in [0.2, 0.25) is 0 Å². The van der Waals surface area contributed by atoms with Gasteiger partial charge in [-0.1, -0.05) is 30.6 Å². The van der Waals surface area contributed by atoms with E-state index >= 15 is 0 Å². The number of Topliss-reactive ketones (excluding diaryl/α,β-unsaturated/α-hetero) is 1. The number of oxime groups is 1. The summed E-state index contributed by atoms with van der Waals surface area (Å²) < 4.78 is 0. The highest BCUT2D eigenvalue weighted by Crippen LogP contribution is 2.66. The summed E-state index contributed by atoms with van der Waals surface area (Å²) in [5, 5.41) is 7.17. The molecule has 3 fully saturated rings. The van der Waals surface area contributed by atoms with Gasteiger partial charge >= 0.3 is 0 Å². The van der Waals surface area contributed by atoms with Gasteiger partial charge in [-0.05, 0) is 105 Å². The molecule has 1 heterocycles. The second-order valence-electron chi connectivity index (χ2n) is 11.8. The highest BCUT2D eigenvalue weighted by Gasteiger charge is 2.59. The normalized spacial score (nSPS) is 37.0. The maximum absolute atomic E-state index is 12.4. The largest absolute Gasteiger partial charge is 0.385 e. The van der Waals surface area contributed by atoms with Crippen molar-refractivity contribution < 1.29 is 14.4 Å². The number of allylic oxidation sites excluding steroid dienone is 2. The number of carbonyl (C=O) groups excluding carboxylic acids is 2. The van der Waals surface area contributed by atoms with E-state index in [0.29, 0.717) is 24.2 Å². The molecule has 1 aromatic heterocycles. The summed E-state index contributed by atoms with van der Waals surface area (Å²) in [5.74, 6) is 2.61. The summed E-state index contributed by atoms with van der Waals surface area (Å²) in [5.41, 5.74) is 3.85. The highest BCUT2D eigenvalue weighted by molar-refractivity contribution is 5.96. The maximum Gasteiger partial charge on any atom is 0.261 e. The van der Waals surface area contributed by atoms with Crippen LogP contribution < -0.4 is 5.32 Å². The molecule has 35 heavy (non-hydrogen) atoms.